The van der Waals surface area contributed by atoms with E-state index in [0.717, 1.165) is 5.56 Å². The highest BCUT2D eigenvalue weighted by Gasteiger charge is 2.16. The van der Waals surface area contributed by atoms with E-state index in [9.17, 15) is 14.4 Å². The van der Waals surface area contributed by atoms with Gasteiger partial charge in [0.25, 0.3) is 0 Å². The normalized spacial score (nSPS) is 10.9. The fraction of sp³-hybridized carbons (Fsp3) is 0.190. The first kappa shape index (κ1) is 19.7. The van der Waals surface area contributed by atoms with Crippen LogP contribution in [0, 0.1) is 0 Å². The summed E-state index contributed by atoms with van der Waals surface area (Å²) in [6.45, 7) is 0.415. The molecule has 1 amide bonds. The lowest BCUT2D eigenvalue weighted by Crippen LogP contribution is -2.44. The van der Waals surface area contributed by atoms with Gasteiger partial charge in [-0.3, -0.25) is 28.5 Å². The number of hydrogen-bond donors (Lipinski definition) is 1. The van der Waals surface area contributed by atoms with Crippen molar-refractivity contribution in [2.45, 2.75) is 19.5 Å². The third kappa shape index (κ3) is 4.20. The molecule has 0 spiro atoms. The maximum atomic E-state index is 12.8. The molecule has 0 aromatic carbocycles. The molecule has 0 saturated heterocycles. The molecule has 0 radical (unpaired) electrons. The Labute approximate surface area is 175 Å². The highest BCUT2D eigenvalue weighted by molar-refractivity contribution is 7.09. The number of amides is 1. The molecular weight excluding hydrogens is 402 g/mol. The molecule has 0 atom stereocenters. The fourth-order valence-electron chi connectivity index (χ4n) is 3.20. The van der Waals surface area contributed by atoms with E-state index in [1.54, 1.807) is 54.2 Å². The van der Waals surface area contributed by atoms with Crippen molar-refractivity contribution in [1.82, 2.24) is 24.4 Å². The lowest BCUT2D eigenvalue weighted by molar-refractivity contribution is -0.121. The van der Waals surface area contributed by atoms with E-state index >= 15 is 0 Å². The van der Waals surface area contributed by atoms with Gasteiger partial charge in [0.1, 0.15) is 6.54 Å². The van der Waals surface area contributed by atoms with Gasteiger partial charge < -0.3 is 5.32 Å². The number of aromatic nitrogens is 4. The Balaban J connectivity index is 1.62. The molecule has 4 aromatic heterocycles. The monoisotopic (exact) mass is 421 g/mol. The smallest absolute Gasteiger partial charge is 0.318 e. The molecule has 4 rings (SSSR count). The number of nitrogens with one attached hydrogen (secondary N) is 1. The van der Waals surface area contributed by atoms with Crippen molar-refractivity contribution in [1.29, 1.82) is 0 Å². The lowest BCUT2D eigenvalue weighted by Gasteiger charge is -2.14. The molecule has 0 saturated carbocycles. The van der Waals surface area contributed by atoms with Crippen LogP contribution < -0.4 is 16.4 Å². The van der Waals surface area contributed by atoms with Crippen LogP contribution >= 0.6 is 11.3 Å². The Morgan fingerprint density at radius 3 is 2.57 bits per heavy atom. The van der Waals surface area contributed by atoms with Crippen molar-refractivity contribution in [3.63, 3.8) is 0 Å². The van der Waals surface area contributed by atoms with Crippen LogP contribution in [0.4, 0.5) is 0 Å². The quantitative estimate of drug-likeness (QED) is 0.455. The first-order valence-electron chi connectivity index (χ1n) is 9.40. The molecule has 9 heteroatoms. The van der Waals surface area contributed by atoms with Crippen LogP contribution in [-0.2, 0) is 24.3 Å². The molecule has 8 nitrogen and oxygen atoms in total. The number of nitrogens with zero attached hydrogens (tertiary/aromatic N) is 4. The topological polar surface area (TPSA) is 98.9 Å². The molecule has 1 N–H and O–H groups in total. The van der Waals surface area contributed by atoms with Gasteiger partial charge in [0.2, 0.25) is 5.91 Å². The number of carbonyl (C=O) groups excluding carboxylic acids is 1. The average molecular weight is 421 g/mol. The molecule has 0 unspecified atom stereocenters. The zero-order valence-corrected chi connectivity index (χ0v) is 16.8. The Kier molecular flexibility index (Phi) is 5.80. The van der Waals surface area contributed by atoms with Crippen LogP contribution in [0.2, 0.25) is 0 Å². The van der Waals surface area contributed by atoms with Crippen molar-refractivity contribution < 1.29 is 4.79 Å². The van der Waals surface area contributed by atoms with Crippen LogP contribution in [0.5, 0.6) is 0 Å². The molecule has 152 valence electrons. The van der Waals surface area contributed by atoms with Gasteiger partial charge in [0.15, 0.2) is 5.65 Å². The second-order valence-electron chi connectivity index (χ2n) is 6.66. The molecule has 30 heavy (non-hydrogen) atoms. The van der Waals surface area contributed by atoms with E-state index in [4.69, 9.17) is 0 Å². The van der Waals surface area contributed by atoms with E-state index in [-0.39, 0.29) is 19.0 Å². The van der Waals surface area contributed by atoms with Gasteiger partial charge in [-0.25, -0.2) is 4.98 Å². The second-order valence-corrected chi connectivity index (χ2v) is 7.70. The largest absolute Gasteiger partial charge is 0.354 e. The third-order valence-corrected chi connectivity index (χ3v) is 5.59. The highest BCUT2D eigenvalue weighted by atomic mass is 32.1. The molecule has 0 bridgehead atoms. The summed E-state index contributed by atoms with van der Waals surface area (Å²) in [7, 11) is 0. The molecule has 0 aliphatic heterocycles. The van der Waals surface area contributed by atoms with Gasteiger partial charge in [-0.2, -0.15) is 0 Å². The summed E-state index contributed by atoms with van der Waals surface area (Å²) in [5, 5.41) is 4.79. The zero-order valence-electron chi connectivity index (χ0n) is 16.0. The van der Waals surface area contributed by atoms with Gasteiger partial charge in [0.05, 0.1) is 12.1 Å². The molecule has 0 aliphatic rings. The van der Waals surface area contributed by atoms with E-state index in [1.165, 1.54) is 14.0 Å². The van der Waals surface area contributed by atoms with Crippen molar-refractivity contribution in [3.05, 3.63) is 91.5 Å². The maximum Gasteiger partial charge on any atom is 0.318 e. The van der Waals surface area contributed by atoms with Crippen LogP contribution in [0.25, 0.3) is 11.2 Å². The highest BCUT2D eigenvalue weighted by Crippen LogP contribution is 2.10. The first-order valence-corrected chi connectivity index (χ1v) is 10.3. The van der Waals surface area contributed by atoms with Gasteiger partial charge in [-0.05, 0) is 47.7 Å². The molecule has 4 aromatic rings. The average Bonchev–Trinajstić information content (AvgIpc) is 3.28. The summed E-state index contributed by atoms with van der Waals surface area (Å²) in [6.07, 6.45) is 5.52. The van der Waals surface area contributed by atoms with Gasteiger partial charge in [-0.15, -0.1) is 11.3 Å². The Bertz CT molecular complexity index is 1280. The summed E-state index contributed by atoms with van der Waals surface area (Å²) < 4.78 is 2.52. The molecule has 0 fully saturated rings. The van der Waals surface area contributed by atoms with E-state index in [1.807, 2.05) is 17.5 Å². The maximum absolute atomic E-state index is 12.8. The fourth-order valence-corrected chi connectivity index (χ4v) is 3.91. The predicted octanol–water partition coefficient (Wildman–Crippen LogP) is 1.42. The van der Waals surface area contributed by atoms with Crippen molar-refractivity contribution in [3.8, 4) is 0 Å². The van der Waals surface area contributed by atoms with Gasteiger partial charge in [-0.1, -0.05) is 6.07 Å². The van der Waals surface area contributed by atoms with Crippen LogP contribution in [0.3, 0.4) is 0 Å². The number of fused-ring (bicyclic) bond motifs is 1. The Hall–Kier alpha value is -3.59. The van der Waals surface area contributed by atoms with Crippen LogP contribution in [0.1, 0.15) is 10.4 Å². The predicted molar refractivity (Wildman–Crippen MR) is 115 cm³/mol. The molecular formula is C21H19N5O3S. The third-order valence-electron chi connectivity index (χ3n) is 4.65. The van der Waals surface area contributed by atoms with Crippen LogP contribution in [-0.4, -0.2) is 31.6 Å². The first-order chi connectivity index (χ1) is 14.6. The Morgan fingerprint density at radius 2 is 1.80 bits per heavy atom. The number of carbonyl (C=O) groups is 1. The minimum absolute atomic E-state index is 0.192. The standard InChI is InChI=1S/C21H19N5O3S/c27-18(23-11-7-16-3-2-12-30-16)14-25-17-4-1-8-24-19(17)26(21(29)20(25)28)13-15-5-9-22-10-6-15/h1-6,8-10,12H,7,11,13-14H2,(H,23,27). The summed E-state index contributed by atoms with van der Waals surface area (Å²) in [5.74, 6) is -0.329. The van der Waals surface area contributed by atoms with Gasteiger partial charge >= 0.3 is 11.1 Å². The number of thiophene rings is 1. The SMILES string of the molecule is O=C(Cn1c(=O)c(=O)n(Cc2ccncc2)c2ncccc21)NCCc1cccs1. The molecule has 0 aliphatic carbocycles. The minimum atomic E-state index is -0.752. The number of pyridine rings is 2. The lowest BCUT2D eigenvalue weighted by atomic mass is 10.2. The second kappa shape index (κ2) is 8.83. The Morgan fingerprint density at radius 1 is 1.00 bits per heavy atom. The summed E-state index contributed by atoms with van der Waals surface area (Å²) in [5.41, 5.74) is 0.139. The van der Waals surface area contributed by atoms with E-state index in [2.05, 4.69) is 15.3 Å². The zero-order chi connectivity index (χ0) is 20.9. The van der Waals surface area contributed by atoms with Crippen molar-refractivity contribution in [2.75, 3.05) is 6.54 Å². The summed E-state index contributed by atoms with van der Waals surface area (Å²) in [6, 6.07) is 10.9. The van der Waals surface area contributed by atoms with Crippen molar-refractivity contribution >= 4 is 28.4 Å². The minimum Gasteiger partial charge on any atom is -0.354 e. The number of rotatable bonds is 7. The molecule has 4 heterocycles. The van der Waals surface area contributed by atoms with Crippen molar-refractivity contribution in [2.24, 2.45) is 0 Å². The number of hydrogen-bond acceptors (Lipinski definition) is 6. The summed E-state index contributed by atoms with van der Waals surface area (Å²) in [4.78, 5) is 47.5. The van der Waals surface area contributed by atoms with Gasteiger partial charge in [0, 0.05) is 30.0 Å². The summed E-state index contributed by atoms with van der Waals surface area (Å²) >= 11 is 1.62. The van der Waals surface area contributed by atoms with E-state index < -0.39 is 11.1 Å². The van der Waals surface area contributed by atoms with E-state index in [0.29, 0.717) is 24.1 Å². The van der Waals surface area contributed by atoms with Crippen LogP contribution in [0.15, 0.2) is 70.0 Å².